The van der Waals surface area contributed by atoms with E-state index in [0.29, 0.717) is 16.3 Å². The molecule has 1 atom stereocenters. The molecule has 2 aromatic rings. The smallest absolute Gasteiger partial charge is 0.325 e. The van der Waals surface area contributed by atoms with Gasteiger partial charge < -0.3 is 19.8 Å². The van der Waals surface area contributed by atoms with Crippen molar-refractivity contribution in [2.24, 2.45) is 0 Å². The van der Waals surface area contributed by atoms with Gasteiger partial charge in [-0.05, 0) is 43.3 Å². The van der Waals surface area contributed by atoms with Gasteiger partial charge in [0.1, 0.15) is 12.3 Å². The number of rotatable bonds is 7. The van der Waals surface area contributed by atoms with E-state index in [0.717, 1.165) is 0 Å². The second-order valence-corrected chi connectivity index (χ2v) is 5.59. The average Bonchev–Trinajstić information content (AvgIpc) is 3.13. The molecule has 0 aliphatic rings. The number of esters is 1. The van der Waals surface area contributed by atoms with Crippen molar-refractivity contribution < 1.29 is 23.5 Å². The maximum Gasteiger partial charge on any atom is 0.325 e. The molecule has 0 spiro atoms. The van der Waals surface area contributed by atoms with Crippen LogP contribution in [0.4, 0.5) is 0 Å². The summed E-state index contributed by atoms with van der Waals surface area (Å²) in [5, 5.41) is 5.53. The maximum absolute atomic E-state index is 11.8. The molecule has 0 bridgehead atoms. The predicted octanol–water partition coefficient (Wildman–Crippen LogP) is 2.08. The molecule has 0 aliphatic carbocycles. The van der Waals surface area contributed by atoms with E-state index in [1.807, 2.05) is 0 Å². The Labute approximate surface area is 149 Å². The molecule has 2 N–H and O–H groups in total. The van der Waals surface area contributed by atoms with E-state index in [9.17, 15) is 14.4 Å². The van der Waals surface area contributed by atoms with Crippen molar-refractivity contribution in [2.45, 2.75) is 13.0 Å². The summed E-state index contributed by atoms with van der Waals surface area (Å²) in [6.45, 7) is 0.952. The lowest BCUT2D eigenvalue weighted by molar-refractivity contribution is -0.147. The molecule has 0 saturated carbocycles. The highest BCUT2D eigenvalue weighted by atomic mass is 35.5. The highest BCUT2D eigenvalue weighted by Crippen LogP contribution is 2.11. The molecule has 0 saturated heterocycles. The third-order valence-electron chi connectivity index (χ3n) is 3.21. The summed E-state index contributed by atoms with van der Waals surface area (Å²) in [6, 6.07) is 9.30. The molecule has 132 valence electrons. The SMILES string of the molecule is C[C@@H](NC(=O)COC(=O)CNC(=O)c1ccc(Cl)cc1)c1ccco1. The molecule has 1 heterocycles. The Morgan fingerprint density at radius 2 is 1.92 bits per heavy atom. The topological polar surface area (TPSA) is 97.6 Å². The van der Waals surface area contributed by atoms with Crippen LogP contribution in [0.2, 0.25) is 5.02 Å². The Balaban J connectivity index is 1.68. The zero-order valence-electron chi connectivity index (χ0n) is 13.5. The standard InChI is InChI=1S/C17H17ClN2O5/c1-11(14-3-2-8-24-14)20-15(21)10-25-16(22)9-19-17(23)12-4-6-13(18)7-5-12/h2-8,11H,9-10H2,1H3,(H,19,23)(H,20,21)/t11-/m1/s1. The Morgan fingerprint density at radius 3 is 2.56 bits per heavy atom. The van der Waals surface area contributed by atoms with Crippen LogP contribution in [0, 0.1) is 0 Å². The van der Waals surface area contributed by atoms with Gasteiger partial charge in [0, 0.05) is 10.6 Å². The fourth-order valence-corrected chi connectivity index (χ4v) is 2.07. The third-order valence-corrected chi connectivity index (χ3v) is 3.46. The summed E-state index contributed by atoms with van der Waals surface area (Å²) < 4.78 is 9.97. The van der Waals surface area contributed by atoms with Crippen molar-refractivity contribution in [3.8, 4) is 0 Å². The molecule has 1 aromatic heterocycles. The van der Waals surface area contributed by atoms with Crippen LogP contribution >= 0.6 is 11.6 Å². The van der Waals surface area contributed by atoms with Gasteiger partial charge in [-0.25, -0.2) is 0 Å². The number of carbonyl (C=O) groups excluding carboxylic acids is 3. The van der Waals surface area contributed by atoms with Crippen LogP contribution < -0.4 is 10.6 Å². The van der Waals surface area contributed by atoms with E-state index < -0.39 is 24.4 Å². The number of hydrogen-bond acceptors (Lipinski definition) is 5. The number of ether oxygens (including phenoxy) is 1. The highest BCUT2D eigenvalue weighted by molar-refractivity contribution is 6.30. The molecule has 8 heteroatoms. The van der Waals surface area contributed by atoms with Crippen LogP contribution in [0.3, 0.4) is 0 Å². The zero-order chi connectivity index (χ0) is 18.2. The van der Waals surface area contributed by atoms with Gasteiger partial charge in [0.15, 0.2) is 6.61 Å². The number of carbonyl (C=O) groups is 3. The minimum Gasteiger partial charge on any atom is -0.467 e. The van der Waals surface area contributed by atoms with Gasteiger partial charge in [-0.2, -0.15) is 0 Å². The Bertz CT molecular complexity index is 728. The number of halogens is 1. The lowest BCUT2D eigenvalue weighted by Crippen LogP contribution is -2.34. The van der Waals surface area contributed by atoms with Crippen molar-refractivity contribution in [2.75, 3.05) is 13.2 Å². The summed E-state index contributed by atoms with van der Waals surface area (Å²) >= 11 is 5.73. The third kappa shape index (κ3) is 5.96. The number of amides is 2. The molecule has 0 radical (unpaired) electrons. The van der Waals surface area contributed by atoms with Crippen LogP contribution in [0.15, 0.2) is 47.1 Å². The van der Waals surface area contributed by atoms with Gasteiger partial charge in [0.25, 0.3) is 11.8 Å². The van der Waals surface area contributed by atoms with E-state index in [-0.39, 0.29) is 12.6 Å². The van der Waals surface area contributed by atoms with Gasteiger partial charge in [-0.3, -0.25) is 14.4 Å². The Kier molecular flexibility index (Phi) is 6.59. The second kappa shape index (κ2) is 8.89. The number of furan rings is 1. The molecule has 0 aliphatic heterocycles. The number of nitrogens with one attached hydrogen (secondary N) is 2. The summed E-state index contributed by atoms with van der Waals surface area (Å²) in [5.74, 6) is -1.04. The van der Waals surface area contributed by atoms with Crippen molar-refractivity contribution in [3.63, 3.8) is 0 Å². The molecule has 25 heavy (non-hydrogen) atoms. The molecule has 1 aromatic carbocycles. The van der Waals surface area contributed by atoms with E-state index in [1.54, 1.807) is 31.2 Å². The van der Waals surface area contributed by atoms with Crippen LogP contribution in [0.1, 0.15) is 29.1 Å². The summed E-state index contributed by atoms with van der Waals surface area (Å²) in [6.07, 6.45) is 1.50. The molecule has 2 amide bonds. The minimum atomic E-state index is -0.719. The quantitative estimate of drug-likeness (QED) is 0.733. The first kappa shape index (κ1) is 18.5. The Hall–Kier alpha value is -2.80. The molecule has 0 unspecified atom stereocenters. The van der Waals surface area contributed by atoms with E-state index >= 15 is 0 Å². The predicted molar refractivity (Wildman–Crippen MR) is 90.0 cm³/mol. The Morgan fingerprint density at radius 1 is 1.20 bits per heavy atom. The largest absolute Gasteiger partial charge is 0.467 e. The van der Waals surface area contributed by atoms with Gasteiger partial charge in [0.2, 0.25) is 0 Å². The monoisotopic (exact) mass is 364 g/mol. The molecular formula is C17H17ClN2O5. The van der Waals surface area contributed by atoms with E-state index in [1.165, 1.54) is 18.4 Å². The summed E-state index contributed by atoms with van der Waals surface area (Å²) in [7, 11) is 0. The van der Waals surface area contributed by atoms with Crippen LogP contribution in [-0.4, -0.2) is 30.9 Å². The maximum atomic E-state index is 11.8. The number of benzene rings is 1. The minimum absolute atomic E-state index is 0.342. The first-order valence-corrected chi connectivity index (χ1v) is 7.85. The average molecular weight is 365 g/mol. The lowest BCUT2D eigenvalue weighted by Gasteiger charge is -2.11. The van der Waals surface area contributed by atoms with Crippen LogP contribution in [0.5, 0.6) is 0 Å². The normalized spacial score (nSPS) is 11.4. The van der Waals surface area contributed by atoms with Gasteiger partial charge >= 0.3 is 5.97 Å². The van der Waals surface area contributed by atoms with Gasteiger partial charge in [-0.15, -0.1) is 0 Å². The summed E-state index contributed by atoms with van der Waals surface area (Å²) in [5.41, 5.74) is 0.363. The van der Waals surface area contributed by atoms with Crippen molar-refractivity contribution in [3.05, 3.63) is 59.0 Å². The zero-order valence-corrected chi connectivity index (χ0v) is 14.2. The van der Waals surface area contributed by atoms with Crippen molar-refractivity contribution >= 4 is 29.4 Å². The first-order valence-electron chi connectivity index (χ1n) is 7.48. The first-order chi connectivity index (χ1) is 12.0. The second-order valence-electron chi connectivity index (χ2n) is 5.15. The lowest BCUT2D eigenvalue weighted by atomic mass is 10.2. The van der Waals surface area contributed by atoms with E-state index in [4.69, 9.17) is 20.8 Å². The highest BCUT2D eigenvalue weighted by Gasteiger charge is 2.14. The summed E-state index contributed by atoms with van der Waals surface area (Å²) in [4.78, 5) is 35.1. The van der Waals surface area contributed by atoms with Gasteiger partial charge in [-0.1, -0.05) is 11.6 Å². The molecule has 2 rings (SSSR count). The fraction of sp³-hybridized carbons (Fsp3) is 0.235. The van der Waals surface area contributed by atoms with Gasteiger partial charge in [0.05, 0.1) is 12.3 Å². The van der Waals surface area contributed by atoms with Crippen molar-refractivity contribution in [1.82, 2.24) is 10.6 Å². The van der Waals surface area contributed by atoms with Crippen LogP contribution in [-0.2, 0) is 14.3 Å². The molecule has 0 fully saturated rings. The van der Waals surface area contributed by atoms with Crippen molar-refractivity contribution in [1.29, 1.82) is 0 Å². The molecule has 7 nitrogen and oxygen atoms in total. The molecular weight excluding hydrogens is 348 g/mol. The van der Waals surface area contributed by atoms with E-state index in [2.05, 4.69) is 10.6 Å². The fourth-order valence-electron chi connectivity index (χ4n) is 1.94. The van der Waals surface area contributed by atoms with Crippen LogP contribution in [0.25, 0.3) is 0 Å². The number of hydrogen-bond donors (Lipinski definition) is 2.